The van der Waals surface area contributed by atoms with Gasteiger partial charge in [-0.25, -0.2) is 0 Å². The summed E-state index contributed by atoms with van der Waals surface area (Å²) in [6.45, 7) is 6.48. The minimum Gasteiger partial charge on any atom is -0.377 e. The number of Topliss-reactive ketones (excluding diaryl/α,β-unsaturated/α-hetero) is 1. The van der Waals surface area contributed by atoms with Crippen molar-refractivity contribution in [2.24, 2.45) is 0 Å². The first-order valence-electron chi connectivity index (χ1n) is 7.49. The van der Waals surface area contributed by atoms with E-state index in [2.05, 4.69) is 30.9 Å². The van der Waals surface area contributed by atoms with Crippen molar-refractivity contribution < 1.29 is 9.53 Å². The van der Waals surface area contributed by atoms with Crippen LogP contribution in [0, 0.1) is 0 Å². The maximum atomic E-state index is 12.2. The fourth-order valence-electron chi connectivity index (χ4n) is 2.59. The molecule has 2 rings (SSSR count). The zero-order valence-corrected chi connectivity index (χ0v) is 12.8. The van der Waals surface area contributed by atoms with E-state index in [9.17, 15) is 4.79 Å². The number of ketones is 1. The van der Waals surface area contributed by atoms with Gasteiger partial charge in [-0.05, 0) is 31.4 Å². The van der Waals surface area contributed by atoms with Crippen LogP contribution < -0.4 is 0 Å². The summed E-state index contributed by atoms with van der Waals surface area (Å²) in [5.74, 6) is 0.683. The molecule has 1 saturated heterocycles. The van der Waals surface area contributed by atoms with Gasteiger partial charge in [-0.15, -0.1) is 0 Å². The second kappa shape index (κ2) is 7.00. The van der Waals surface area contributed by atoms with Crippen molar-refractivity contribution >= 4 is 5.78 Å². The summed E-state index contributed by atoms with van der Waals surface area (Å²) in [4.78, 5) is 14.3. The zero-order valence-electron chi connectivity index (χ0n) is 12.8. The van der Waals surface area contributed by atoms with E-state index in [1.165, 1.54) is 5.56 Å². The van der Waals surface area contributed by atoms with Crippen LogP contribution in [0.2, 0.25) is 0 Å². The van der Waals surface area contributed by atoms with Crippen molar-refractivity contribution in [2.75, 3.05) is 26.7 Å². The average molecular weight is 275 g/mol. The Morgan fingerprint density at radius 2 is 2.05 bits per heavy atom. The Kier molecular flexibility index (Phi) is 5.32. The van der Waals surface area contributed by atoms with Crippen LogP contribution in [0.4, 0.5) is 0 Å². The molecule has 0 saturated carbocycles. The summed E-state index contributed by atoms with van der Waals surface area (Å²) in [6, 6.07) is 7.99. The monoisotopic (exact) mass is 275 g/mol. The van der Waals surface area contributed by atoms with Gasteiger partial charge in [0.25, 0.3) is 0 Å². The van der Waals surface area contributed by atoms with Crippen molar-refractivity contribution in [3.8, 4) is 0 Å². The van der Waals surface area contributed by atoms with E-state index in [1.807, 2.05) is 19.2 Å². The van der Waals surface area contributed by atoms with Crippen LogP contribution in [0.1, 0.15) is 48.5 Å². The third kappa shape index (κ3) is 4.15. The topological polar surface area (TPSA) is 29.5 Å². The van der Waals surface area contributed by atoms with Gasteiger partial charge < -0.3 is 4.74 Å². The lowest BCUT2D eigenvalue weighted by Gasteiger charge is -2.19. The Morgan fingerprint density at radius 1 is 1.35 bits per heavy atom. The van der Waals surface area contributed by atoms with Gasteiger partial charge in [-0.3, -0.25) is 9.69 Å². The van der Waals surface area contributed by atoms with E-state index < -0.39 is 0 Å². The highest BCUT2D eigenvalue weighted by molar-refractivity contribution is 5.97. The number of carbonyl (C=O) groups excluding carboxylic acids is 1. The SMILES string of the molecule is CC(C)c1ccc(C(=O)CN(C)CC2CCCO2)cc1. The molecular formula is C17H25NO2. The van der Waals surface area contributed by atoms with Gasteiger partial charge in [0.15, 0.2) is 5.78 Å². The lowest BCUT2D eigenvalue weighted by molar-refractivity contribution is 0.0740. The molecule has 1 heterocycles. The van der Waals surface area contributed by atoms with Crippen molar-refractivity contribution in [3.63, 3.8) is 0 Å². The quantitative estimate of drug-likeness (QED) is 0.747. The fraction of sp³-hybridized carbons (Fsp3) is 0.588. The van der Waals surface area contributed by atoms with Crippen LogP contribution >= 0.6 is 0 Å². The molecule has 1 unspecified atom stereocenters. The average Bonchev–Trinajstić information content (AvgIpc) is 2.91. The Labute approximate surface area is 121 Å². The number of likely N-dealkylation sites (N-methyl/N-ethyl adjacent to an activating group) is 1. The molecule has 0 bridgehead atoms. The summed E-state index contributed by atoms with van der Waals surface area (Å²) in [7, 11) is 1.99. The fourth-order valence-corrected chi connectivity index (χ4v) is 2.59. The number of nitrogens with zero attached hydrogens (tertiary/aromatic N) is 1. The molecule has 0 radical (unpaired) electrons. The van der Waals surface area contributed by atoms with Crippen LogP contribution in [0.3, 0.4) is 0 Å². The molecule has 0 spiro atoms. The third-order valence-corrected chi connectivity index (χ3v) is 3.85. The first-order chi connectivity index (χ1) is 9.56. The normalized spacial score (nSPS) is 18.9. The molecule has 1 aliphatic heterocycles. The summed E-state index contributed by atoms with van der Waals surface area (Å²) in [6.07, 6.45) is 2.56. The lowest BCUT2D eigenvalue weighted by Crippen LogP contribution is -2.33. The Morgan fingerprint density at radius 3 is 2.60 bits per heavy atom. The highest BCUT2D eigenvalue weighted by Gasteiger charge is 2.19. The van der Waals surface area contributed by atoms with Gasteiger partial charge >= 0.3 is 0 Å². The van der Waals surface area contributed by atoms with E-state index in [0.29, 0.717) is 18.6 Å². The van der Waals surface area contributed by atoms with Crippen LogP contribution in [0.25, 0.3) is 0 Å². The summed E-state index contributed by atoms with van der Waals surface area (Å²) in [5.41, 5.74) is 2.07. The predicted octanol–water partition coefficient (Wildman–Crippen LogP) is 3.10. The summed E-state index contributed by atoms with van der Waals surface area (Å²) in [5, 5.41) is 0. The van der Waals surface area contributed by atoms with Crippen molar-refractivity contribution in [3.05, 3.63) is 35.4 Å². The molecule has 1 aromatic carbocycles. The Hall–Kier alpha value is -1.19. The highest BCUT2D eigenvalue weighted by atomic mass is 16.5. The summed E-state index contributed by atoms with van der Waals surface area (Å²) < 4.78 is 5.60. The standard InChI is InChI=1S/C17H25NO2/c1-13(2)14-6-8-15(9-7-14)17(19)12-18(3)11-16-5-4-10-20-16/h6-9,13,16H,4-5,10-12H2,1-3H3. The highest BCUT2D eigenvalue weighted by Crippen LogP contribution is 2.16. The Bertz CT molecular complexity index is 433. The number of hydrogen-bond donors (Lipinski definition) is 0. The molecular weight excluding hydrogens is 250 g/mol. The number of benzene rings is 1. The number of ether oxygens (including phenoxy) is 1. The van der Waals surface area contributed by atoms with Crippen LogP contribution in [-0.4, -0.2) is 43.5 Å². The number of rotatable bonds is 6. The molecule has 20 heavy (non-hydrogen) atoms. The molecule has 0 aromatic heterocycles. The second-order valence-electron chi connectivity index (χ2n) is 6.03. The molecule has 0 amide bonds. The first-order valence-corrected chi connectivity index (χ1v) is 7.49. The zero-order chi connectivity index (χ0) is 14.5. The number of hydrogen-bond acceptors (Lipinski definition) is 3. The van der Waals surface area contributed by atoms with Crippen LogP contribution in [-0.2, 0) is 4.74 Å². The van der Waals surface area contributed by atoms with Gasteiger partial charge in [0, 0.05) is 18.7 Å². The van der Waals surface area contributed by atoms with Gasteiger partial charge in [0.1, 0.15) is 0 Å². The first kappa shape index (κ1) is 15.2. The maximum absolute atomic E-state index is 12.2. The second-order valence-corrected chi connectivity index (χ2v) is 6.03. The lowest BCUT2D eigenvalue weighted by atomic mass is 10.0. The molecule has 0 N–H and O–H groups in total. The van der Waals surface area contributed by atoms with Crippen molar-refractivity contribution in [2.45, 2.75) is 38.7 Å². The molecule has 1 aliphatic rings. The molecule has 1 atom stereocenters. The predicted molar refractivity (Wildman–Crippen MR) is 81.3 cm³/mol. The summed E-state index contributed by atoms with van der Waals surface area (Å²) >= 11 is 0. The number of carbonyl (C=O) groups is 1. The minimum atomic E-state index is 0.181. The van der Waals surface area contributed by atoms with E-state index in [-0.39, 0.29) is 5.78 Å². The van der Waals surface area contributed by atoms with E-state index in [4.69, 9.17) is 4.74 Å². The molecule has 110 valence electrons. The van der Waals surface area contributed by atoms with E-state index in [1.54, 1.807) is 0 Å². The molecule has 3 nitrogen and oxygen atoms in total. The molecule has 3 heteroatoms. The molecule has 1 fully saturated rings. The third-order valence-electron chi connectivity index (χ3n) is 3.85. The van der Waals surface area contributed by atoms with Crippen molar-refractivity contribution in [1.82, 2.24) is 4.90 Å². The molecule has 1 aromatic rings. The smallest absolute Gasteiger partial charge is 0.176 e. The van der Waals surface area contributed by atoms with Gasteiger partial charge in [-0.2, -0.15) is 0 Å². The van der Waals surface area contributed by atoms with E-state index >= 15 is 0 Å². The minimum absolute atomic E-state index is 0.181. The van der Waals surface area contributed by atoms with Crippen LogP contribution in [0.5, 0.6) is 0 Å². The van der Waals surface area contributed by atoms with Gasteiger partial charge in [0.2, 0.25) is 0 Å². The Balaban J connectivity index is 1.86. The maximum Gasteiger partial charge on any atom is 0.176 e. The van der Waals surface area contributed by atoms with Crippen molar-refractivity contribution in [1.29, 1.82) is 0 Å². The largest absolute Gasteiger partial charge is 0.377 e. The van der Waals surface area contributed by atoms with E-state index in [0.717, 1.165) is 31.6 Å². The van der Waals surface area contributed by atoms with Crippen LogP contribution in [0.15, 0.2) is 24.3 Å². The molecule has 0 aliphatic carbocycles. The van der Waals surface area contributed by atoms with Gasteiger partial charge in [-0.1, -0.05) is 38.1 Å². The van der Waals surface area contributed by atoms with Gasteiger partial charge in [0.05, 0.1) is 12.6 Å².